The molecule has 90 valence electrons. The van der Waals surface area contributed by atoms with Gasteiger partial charge in [0.2, 0.25) is 0 Å². The van der Waals surface area contributed by atoms with Crippen LogP contribution in [0.4, 0.5) is 18.9 Å². The zero-order valence-corrected chi connectivity index (χ0v) is 9.01. The van der Waals surface area contributed by atoms with Gasteiger partial charge in [0.1, 0.15) is 5.75 Å². The zero-order chi connectivity index (χ0) is 12.3. The second-order valence-electron chi connectivity index (χ2n) is 3.44. The van der Waals surface area contributed by atoms with E-state index in [0.717, 1.165) is 5.56 Å². The third-order valence-corrected chi connectivity index (χ3v) is 1.99. The minimum Gasteiger partial charge on any atom is -0.406 e. The molecule has 0 spiro atoms. The van der Waals surface area contributed by atoms with Crippen molar-refractivity contribution in [2.24, 2.45) is 5.73 Å². The molecule has 1 aromatic rings. The molecule has 0 amide bonds. The van der Waals surface area contributed by atoms with E-state index in [1.165, 1.54) is 18.2 Å². The van der Waals surface area contributed by atoms with Gasteiger partial charge in [-0.1, -0.05) is 6.07 Å². The first-order valence-corrected chi connectivity index (χ1v) is 4.59. The smallest absolute Gasteiger partial charge is 0.406 e. The molecule has 0 saturated carbocycles. The van der Waals surface area contributed by atoms with Gasteiger partial charge in [-0.25, -0.2) is 0 Å². The average Bonchev–Trinajstić information content (AvgIpc) is 2.15. The molecule has 0 radical (unpaired) electrons. The third kappa shape index (κ3) is 3.30. The summed E-state index contributed by atoms with van der Waals surface area (Å²) in [6.45, 7) is 0.264. The van der Waals surface area contributed by atoms with Gasteiger partial charge in [-0.15, -0.1) is 13.2 Å². The summed E-state index contributed by atoms with van der Waals surface area (Å²) in [7, 11) is 3.46. The summed E-state index contributed by atoms with van der Waals surface area (Å²) in [5.74, 6) is -0.242. The molecule has 0 atom stereocenters. The van der Waals surface area contributed by atoms with Gasteiger partial charge in [0.05, 0.1) is 0 Å². The van der Waals surface area contributed by atoms with Crippen molar-refractivity contribution in [1.29, 1.82) is 0 Å². The Kier molecular flexibility index (Phi) is 3.64. The minimum absolute atomic E-state index is 0.242. The molecule has 2 N–H and O–H groups in total. The van der Waals surface area contributed by atoms with Crippen LogP contribution in [0, 0.1) is 0 Å². The maximum Gasteiger partial charge on any atom is 0.573 e. The van der Waals surface area contributed by atoms with Crippen molar-refractivity contribution in [2.75, 3.05) is 19.0 Å². The third-order valence-electron chi connectivity index (χ3n) is 1.99. The van der Waals surface area contributed by atoms with Gasteiger partial charge in [0, 0.05) is 32.4 Å². The molecule has 0 unspecified atom stereocenters. The number of anilines is 1. The number of halogens is 3. The van der Waals surface area contributed by atoms with Crippen LogP contribution in [0.2, 0.25) is 0 Å². The monoisotopic (exact) mass is 234 g/mol. The molecular weight excluding hydrogens is 221 g/mol. The van der Waals surface area contributed by atoms with E-state index in [0.29, 0.717) is 5.69 Å². The average molecular weight is 234 g/mol. The Bertz CT molecular complexity index is 364. The van der Waals surface area contributed by atoms with E-state index < -0.39 is 6.36 Å². The first-order chi connectivity index (χ1) is 7.33. The van der Waals surface area contributed by atoms with Crippen LogP contribution in [-0.4, -0.2) is 20.5 Å². The Morgan fingerprint density at radius 3 is 2.38 bits per heavy atom. The van der Waals surface area contributed by atoms with Gasteiger partial charge in [0.25, 0.3) is 0 Å². The van der Waals surface area contributed by atoms with E-state index in [9.17, 15) is 13.2 Å². The second kappa shape index (κ2) is 4.61. The summed E-state index contributed by atoms with van der Waals surface area (Å²) < 4.78 is 39.8. The predicted molar refractivity (Wildman–Crippen MR) is 55.3 cm³/mol. The van der Waals surface area contributed by atoms with Crippen molar-refractivity contribution in [3.8, 4) is 5.75 Å². The Labute approximate surface area is 91.6 Å². The fourth-order valence-corrected chi connectivity index (χ4v) is 1.33. The molecule has 3 nitrogen and oxygen atoms in total. The Hall–Kier alpha value is -1.43. The largest absolute Gasteiger partial charge is 0.573 e. The van der Waals surface area contributed by atoms with Gasteiger partial charge in [0.15, 0.2) is 0 Å². The van der Waals surface area contributed by atoms with E-state index in [2.05, 4.69) is 4.74 Å². The second-order valence-corrected chi connectivity index (χ2v) is 3.44. The highest BCUT2D eigenvalue weighted by Crippen LogP contribution is 2.28. The van der Waals surface area contributed by atoms with Crippen LogP contribution in [0.25, 0.3) is 0 Å². The maximum atomic E-state index is 12.0. The summed E-state index contributed by atoms with van der Waals surface area (Å²) in [5, 5.41) is 0. The Balaban J connectivity index is 3.02. The molecule has 0 aliphatic heterocycles. The maximum absolute atomic E-state index is 12.0. The van der Waals surface area contributed by atoms with E-state index in [4.69, 9.17) is 5.73 Å². The van der Waals surface area contributed by atoms with Gasteiger partial charge < -0.3 is 15.4 Å². The van der Waals surface area contributed by atoms with Crippen molar-refractivity contribution in [1.82, 2.24) is 0 Å². The highest BCUT2D eigenvalue weighted by molar-refractivity contribution is 5.56. The van der Waals surface area contributed by atoms with E-state index in [1.54, 1.807) is 19.0 Å². The number of benzene rings is 1. The molecule has 0 heterocycles. The van der Waals surface area contributed by atoms with Crippen LogP contribution in [0.3, 0.4) is 0 Å². The van der Waals surface area contributed by atoms with Crippen molar-refractivity contribution in [3.05, 3.63) is 23.8 Å². The van der Waals surface area contributed by atoms with E-state index in [-0.39, 0.29) is 12.3 Å². The first kappa shape index (κ1) is 12.6. The quantitative estimate of drug-likeness (QED) is 0.870. The van der Waals surface area contributed by atoms with Gasteiger partial charge in [-0.2, -0.15) is 0 Å². The van der Waals surface area contributed by atoms with Crippen molar-refractivity contribution in [2.45, 2.75) is 12.9 Å². The molecule has 1 aromatic carbocycles. The standard InChI is InChI=1S/C10H13F3N2O/c1-15(2)9-5-8(16-10(11,12)13)4-3-7(9)6-14/h3-5H,6,14H2,1-2H3. The molecule has 0 aromatic heterocycles. The van der Waals surface area contributed by atoms with Gasteiger partial charge in [-0.05, 0) is 11.6 Å². The van der Waals surface area contributed by atoms with E-state index in [1.807, 2.05) is 0 Å². The van der Waals surface area contributed by atoms with Crippen LogP contribution in [0.15, 0.2) is 18.2 Å². The number of alkyl halides is 3. The topological polar surface area (TPSA) is 38.5 Å². The summed E-state index contributed by atoms with van der Waals surface area (Å²) in [4.78, 5) is 1.69. The fourth-order valence-electron chi connectivity index (χ4n) is 1.33. The number of rotatable bonds is 3. The van der Waals surface area contributed by atoms with Crippen molar-refractivity contribution >= 4 is 5.69 Å². The van der Waals surface area contributed by atoms with Crippen LogP contribution in [-0.2, 0) is 6.54 Å². The summed E-state index contributed by atoms with van der Waals surface area (Å²) in [5.41, 5.74) is 6.85. The van der Waals surface area contributed by atoms with Gasteiger partial charge >= 0.3 is 6.36 Å². The number of hydrogen-bond acceptors (Lipinski definition) is 3. The summed E-state index contributed by atoms with van der Waals surface area (Å²) in [6.07, 6.45) is -4.67. The fraction of sp³-hybridized carbons (Fsp3) is 0.400. The van der Waals surface area contributed by atoms with Crippen LogP contribution in [0.1, 0.15) is 5.56 Å². The Morgan fingerprint density at radius 1 is 1.31 bits per heavy atom. The lowest BCUT2D eigenvalue weighted by Crippen LogP contribution is -2.18. The summed E-state index contributed by atoms with van der Waals surface area (Å²) >= 11 is 0. The molecule has 16 heavy (non-hydrogen) atoms. The number of ether oxygens (including phenoxy) is 1. The van der Waals surface area contributed by atoms with E-state index >= 15 is 0 Å². The number of hydrogen-bond donors (Lipinski definition) is 1. The van der Waals surface area contributed by atoms with Crippen LogP contribution >= 0.6 is 0 Å². The molecular formula is C10H13F3N2O. The highest BCUT2D eigenvalue weighted by atomic mass is 19.4. The molecule has 0 aliphatic carbocycles. The molecule has 0 bridgehead atoms. The normalized spacial score (nSPS) is 11.4. The lowest BCUT2D eigenvalue weighted by Gasteiger charge is -2.18. The summed E-state index contributed by atoms with van der Waals surface area (Å²) in [6, 6.07) is 4.09. The minimum atomic E-state index is -4.67. The molecule has 0 fully saturated rings. The SMILES string of the molecule is CN(C)c1cc(OC(F)(F)F)ccc1CN. The number of nitrogens with two attached hydrogens (primary N) is 1. The molecule has 6 heteroatoms. The van der Waals surface area contributed by atoms with Gasteiger partial charge in [-0.3, -0.25) is 0 Å². The van der Waals surface area contributed by atoms with Crippen LogP contribution < -0.4 is 15.4 Å². The van der Waals surface area contributed by atoms with Crippen molar-refractivity contribution < 1.29 is 17.9 Å². The predicted octanol–water partition coefficient (Wildman–Crippen LogP) is 2.11. The Morgan fingerprint density at radius 2 is 1.94 bits per heavy atom. The molecule has 0 saturated heterocycles. The lowest BCUT2D eigenvalue weighted by atomic mass is 10.1. The zero-order valence-electron chi connectivity index (χ0n) is 9.01. The molecule has 0 aliphatic rings. The number of nitrogens with zero attached hydrogens (tertiary/aromatic N) is 1. The lowest BCUT2D eigenvalue weighted by molar-refractivity contribution is -0.274. The first-order valence-electron chi connectivity index (χ1n) is 4.59. The molecule has 1 rings (SSSR count). The van der Waals surface area contributed by atoms with Crippen molar-refractivity contribution in [3.63, 3.8) is 0 Å². The van der Waals surface area contributed by atoms with Crippen LogP contribution in [0.5, 0.6) is 5.75 Å². The highest BCUT2D eigenvalue weighted by Gasteiger charge is 2.31.